The van der Waals surface area contributed by atoms with E-state index in [2.05, 4.69) is 9.97 Å². The summed E-state index contributed by atoms with van der Waals surface area (Å²) in [6, 6.07) is 14.1. The molecule has 1 saturated heterocycles. The largest absolute Gasteiger partial charge is 0.494 e. The zero-order valence-corrected chi connectivity index (χ0v) is 19.7. The van der Waals surface area contributed by atoms with Gasteiger partial charge in [-0.05, 0) is 49.4 Å². The molecule has 0 atom stereocenters. The number of aromatic nitrogens is 2. The van der Waals surface area contributed by atoms with E-state index in [4.69, 9.17) is 27.9 Å². The predicted octanol–water partition coefficient (Wildman–Crippen LogP) is 4.36. The molecule has 1 fully saturated rings. The minimum atomic E-state index is -3.74. The normalized spacial score (nSPS) is 15.0. The smallest absolute Gasteiger partial charge is 0.244 e. The second-order valence-electron chi connectivity index (χ2n) is 7.18. The van der Waals surface area contributed by atoms with Crippen LogP contribution in [0, 0.1) is 0 Å². The van der Waals surface area contributed by atoms with Crippen molar-refractivity contribution < 1.29 is 13.2 Å². The van der Waals surface area contributed by atoms with Crippen molar-refractivity contribution >= 4 is 39.0 Å². The van der Waals surface area contributed by atoms with Crippen LogP contribution in [-0.2, 0) is 10.0 Å². The summed E-state index contributed by atoms with van der Waals surface area (Å²) in [4.78, 5) is 10.8. The number of benzene rings is 2. The van der Waals surface area contributed by atoms with Gasteiger partial charge in [0.15, 0.2) is 0 Å². The van der Waals surface area contributed by atoms with E-state index in [0.29, 0.717) is 37.8 Å². The lowest BCUT2D eigenvalue weighted by molar-refractivity contribution is 0.340. The summed E-state index contributed by atoms with van der Waals surface area (Å²) in [5.74, 6) is 1.56. The molecule has 2 aromatic carbocycles. The van der Waals surface area contributed by atoms with Crippen molar-refractivity contribution in [3.05, 3.63) is 64.9 Å². The maximum absolute atomic E-state index is 13.0. The van der Waals surface area contributed by atoms with E-state index in [1.54, 1.807) is 6.07 Å². The van der Waals surface area contributed by atoms with Crippen molar-refractivity contribution in [2.75, 3.05) is 37.7 Å². The van der Waals surface area contributed by atoms with Gasteiger partial charge in [0.2, 0.25) is 10.0 Å². The van der Waals surface area contributed by atoms with Crippen LogP contribution in [0.5, 0.6) is 5.75 Å². The molecule has 1 aliphatic rings. The van der Waals surface area contributed by atoms with Gasteiger partial charge < -0.3 is 9.64 Å². The molecule has 0 spiro atoms. The van der Waals surface area contributed by atoms with Crippen molar-refractivity contribution in [3.63, 3.8) is 0 Å². The maximum Gasteiger partial charge on any atom is 0.244 e. The number of rotatable bonds is 6. The third kappa shape index (κ3) is 4.83. The molecule has 0 aliphatic carbocycles. The van der Waals surface area contributed by atoms with Crippen molar-refractivity contribution in [2.24, 2.45) is 0 Å². The molecule has 1 aliphatic heterocycles. The van der Waals surface area contributed by atoms with Crippen molar-refractivity contribution in [1.29, 1.82) is 0 Å². The first-order chi connectivity index (χ1) is 15.4. The highest BCUT2D eigenvalue weighted by atomic mass is 35.5. The molecule has 10 heteroatoms. The van der Waals surface area contributed by atoms with Crippen LogP contribution in [-0.4, -0.2) is 55.5 Å². The number of sulfonamides is 1. The zero-order chi connectivity index (χ0) is 22.7. The van der Waals surface area contributed by atoms with E-state index in [9.17, 15) is 8.42 Å². The lowest BCUT2D eigenvalue weighted by Gasteiger charge is -2.34. The lowest BCUT2D eigenvalue weighted by atomic mass is 10.1. The Morgan fingerprint density at radius 2 is 1.69 bits per heavy atom. The summed E-state index contributed by atoms with van der Waals surface area (Å²) in [6.45, 7) is 4.18. The number of piperazine rings is 1. The molecule has 3 aromatic rings. The van der Waals surface area contributed by atoms with Gasteiger partial charge in [-0.25, -0.2) is 18.4 Å². The average molecular weight is 493 g/mol. The summed E-state index contributed by atoms with van der Waals surface area (Å²) in [5, 5.41) is 0.488. The van der Waals surface area contributed by atoms with Gasteiger partial charge in [-0.2, -0.15) is 4.31 Å². The number of halogens is 2. The molecule has 0 N–H and O–H groups in total. The highest BCUT2D eigenvalue weighted by Crippen LogP contribution is 2.29. The Morgan fingerprint density at radius 3 is 2.38 bits per heavy atom. The molecule has 1 aromatic heterocycles. The van der Waals surface area contributed by atoms with Crippen molar-refractivity contribution in [2.45, 2.75) is 11.8 Å². The van der Waals surface area contributed by atoms with E-state index in [0.717, 1.165) is 22.8 Å². The number of ether oxygens (including phenoxy) is 1. The lowest BCUT2D eigenvalue weighted by Crippen LogP contribution is -2.49. The van der Waals surface area contributed by atoms with Gasteiger partial charge in [0.05, 0.1) is 17.3 Å². The first-order valence-corrected chi connectivity index (χ1v) is 12.3. The quantitative estimate of drug-likeness (QED) is 0.508. The van der Waals surface area contributed by atoms with Gasteiger partial charge in [-0.1, -0.05) is 23.2 Å². The summed E-state index contributed by atoms with van der Waals surface area (Å²) >= 11 is 12.1. The molecule has 0 bridgehead atoms. The highest BCUT2D eigenvalue weighted by molar-refractivity contribution is 7.89. The minimum absolute atomic E-state index is 0.0277. The molecule has 2 heterocycles. The average Bonchev–Trinajstić information content (AvgIpc) is 2.81. The Morgan fingerprint density at radius 1 is 0.969 bits per heavy atom. The van der Waals surface area contributed by atoms with Crippen LogP contribution in [0.25, 0.3) is 11.3 Å². The van der Waals surface area contributed by atoms with Crippen LogP contribution >= 0.6 is 23.2 Å². The van der Waals surface area contributed by atoms with E-state index in [1.807, 2.05) is 42.2 Å². The number of hydrogen-bond donors (Lipinski definition) is 0. The van der Waals surface area contributed by atoms with Gasteiger partial charge in [0, 0.05) is 42.8 Å². The van der Waals surface area contributed by atoms with Gasteiger partial charge in [0.25, 0.3) is 0 Å². The van der Waals surface area contributed by atoms with E-state index < -0.39 is 10.0 Å². The van der Waals surface area contributed by atoms with Crippen LogP contribution in [0.1, 0.15) is 6.92 Å². The maximum atomic E-state index is 13.0. The molecule has 168 valence electrons. The number of hydrogen-bond acceptors (Lipinski definition) is 6. The van der Waals surface area contributed by atoms with E-state index in [-0.39, 0.29) is 9.92 Å². The van der Waals surface area contributed by atoms with Crippen LogP contribution in [0.4, 0.5) is 5.82 Å². The molecular weight excluding hydrogens is 471 g/mol. The summed E-state index contributed by atoms with van der Waals surface area (Å²) in [7, 11) is -3.74. The molecule has 0 saturated carbocycles. The summed E-state index contributed by atoms with van der Waals surface area (Å²) in [5.41, 5.74) is 1.74. The third-order valence-corrected chi connectivity index (χ3v) is 7.80. The third-order valence-electron chi connectivity index (χ3n) is 5.19. The van der Waals surface area contributed by atoms with Gasteiger partial charge in [-0.15, -0.1) is 0 Å². The Labute approximate surface area is 197 Å². The molecule has 32 heavy (non-hydrogen) atoms. The van der Waals surface area contributed by atoms with Crippen molar-refractivity contribution in [1.82, 2.24) is 14.3 Å². The number of nitrogens with zero attached hydrogens (tertiary/aromatic N) is 4. The molecule has 0 unspecified atom stereocenters. The first-order valence-electron chi connectivity index (χ1n) is 10.1. The molecular formula is C22H22Cl2N4O3S. The topological polar surface area (TPSA) is 75.6 Å². The second kappa shape index (κ2) is 9.62. The fraction of sp³-hybridized carbons (Fsp3) is 0.273. The standard InChI is InChI=1S/C22H22Cl2N4O3S/c1-2-31-18-6-3-16(4-7-18)20-14-22(26-15-25-20)27-9-11-28(12-10-27)32(29,30)21-13-17(23)5-8-19(21)24/h3-8,13-15H,2,9-12H2,1H3. The highest BCUT2D eigenvalue weighted by Gasteiger charge is 2.30. The Hall–Kier alpha value is -2.39. The number of anilines is 1. The molecule has 0 radical (unpaired) electrons. The van der Waals surface area contributed by atoms with Crippen molar-refractivity contribution in [3.8, 4) is 17.0 Å². The fourth-order valence-electron chi connectivity index (χ4n) is 3.54. The Bertz CT molecular complexity index is 1200. The molecule has 7 nitrogen and oxygen atoms in total. The van der Waals surface area contributed by atoms with Gasteiger partial charge in [-0.3, -0.25) is 0 Å². The fourth-order valence-corrected chi connectivity index (χ4v) is 5.70. The van der Waals surface area contributed by atoms with Gasteiger partial charge >= 0.3 is 0 Å². The van der Waals surface area contributed by atoms with E-state index >= 15 is 0 Å². The zero-order valence-electron chi connectivity index (χ0n) is 17.4. The van der Waals surface area contributed by atoms with Crippen LogP contribution in [0.15, 0.2) is 59.8 Å². The monoisotopic (exact) mass is 492 g/mol. The minimum Gasteiger partial charge on any atom is -0.494 e. The van der Waals surface area contributed by atoms with E-state index in [1.165, 1.54) is 22.8 Å². The van der Waals surface area contributed by atoms with Crippen LogP contribution in [0.2, 0.25) is 10.0 Å². The molecule has 0 amide bonds. The predicted molar refractivity (Wildman–Crippen MR) is 126 cm³/mol. The summed E-state index contributed by atoms with van der Waals surface area (Å²) < 4.78 is 33.0. The van der Waals surface area contributed by atoms with Crippen LogP contribution in [0.3, 0.4) is 0 Å². The Balaban J connectivity index is 1.48. The second-order valence-corrected chi connectivity index (χ2v) is 9.93. The molecule has 4 rings (SSSR count). The van der Waals surface area contributed by atoms with Crippen LogP contribution < -0.4 is 9.64 Å². The first kappa shape index (κ1) is 22.8. The Kier molecular flexibility index (Phi) is 6.85. The SMILES string of the molecule is CCOc1ccc(-c2cc(N3CCN(S(=O)(=O)c4cc(Cl)ccc4Cl)CC3)ncn2)cc1. The van der Waals surface area contributed by atoms with Gasteiger partial charge in [0.1, 0.15) is 22.8 Å². The summed E-state index contributed by atoms with van der Waals surface area (Å²) in [6.07, 6.45) is 1.52.